The van der Waals surface area contributed by atoms with Gasteiger partial charge >= 0.3 is 0 Å². The van der Waals surface area contributed by atoms with Crippen molar-refractivity contribution >= 4 is 21.6 Å². The highest BCUT2D eigenvalue weighted by molar-refractivity contribution is 7.16. The van der Waals surface area contributed by atoms with E-state index in [9.17, 15) is 0 Å². The predicted octanol–water partition coefficient (Wildman–Crippen LogP) is 4.32. The molecule has 0 fully saturated rings. The van der Waals surface area contributed by atoms with Crippen LogP contribution in [0.2, 0.25) is 0 Å². The molecule has 0 saturated carbocycles. The Hall–Kier alpha value is -2.53. The molecular weight excluding hydrogens is 282 g/mol. The van der Waals surface area contributed by atoms with Gasteiger partial charge in [0.15, 0.2) is 0 Å². The average Bonchev–Trinajstić information content (AvgIpc) is 3.16. The minimum Gasteiger partial charge on any atom is -0.334 e. The smallest absolute Gasteiger partial charge is 0.258 e. The standard InChI is InChI=1S/C16H11N3OS/c1-10-4-2-3-5-12(10)15-18-16(20-19-15)11-6-7-14-13(8-11)17-9-21-14/h2-9H,1H3. The Bertz CT molecular complexity index is 926. The number of hydrogen-bond donors (Lipinski definition) is 0. The summed E-state index contributed by atoms with van der Waals surface area (Å²) < 4.78 is 6.55. The lowest BCUT2D eigenvalue weighted by Gasteiger charge is -1.98. The Kier molecular flexibility index (Phi) is 2.79. The number of rotatable bonds is 2. The second kappa shape index (κ2) is 4.79. The molecule has 0 spiro atoms. The Morgan fingerprint density at radius 1 is 1.10 bits per heavy atom. The van der Waals surface area contributed by atoms with E-state index in [1.54, 1.807) is 11.3 Å². The van der Waals surface area contributed by atoms with E-state index < -0.39 is 0 Å². The topological polar surface area (TPSA) is 51.8 Å². The van der Waals surface area contributed by atoms with Crippen LogP contribution in [0.4, 0.5) is 0 Å². The van der Waals surface area contributed by atoms with Gasteiger partial charge in [-0.1, -0.05) is 29.4 Å². The summed E-state index contributed by atoms with van der Waals surface area (Å²) in [6.45, 7) is 2.03. The maximum absolute atomic E-state index is 5.40. The van der Waals surface area contributed by atoms with E-state index in [2.05, 4.69) is 15.1 Å². The van der Waals surface area contributed by atoms with Gasteiger partial charge < -0.3 is 4.52 Å². The summed E-state index contributed by atoms with van der Waals surface area (Å²) in [5.74, 6) is 1.13. The van der Waals surface area contributed by atoms with E-state index in [0.29, 0.717) is 11.7 Å². The lowest BCUT2D eigenvalue weighted by atomic mass is 10.1. The van der Waals surface area contributed by atoms with Crippen LogP contribution in [0.5, 0.6) is 0 Å². The molecule has 2 aromatic carbocycles. The fourth-order valence-corrected chi connectivity index (χ4v) is 2.92. The first-order valence-corrected chi connectivity index (χ1v) is 7.42. The number of aromatic nitrogens is 3. The van der Waals surface area contributed by atoms with Crippen molar-refractivity contribution in [1.82, 2.24) is 15.1 Å². The summed E-state index contributed by atoms with van der Waals surface area (Å²) in [6.07, 6.45) is 0. The summed E-state index contributed by atoms with van der Waals surface area (Å²) in [5, 5.41) is 4.09. The largest absolute Gasteiger partial charge is 0.334 e. The molecule has 0 atom stereocenters. The van der Waals surface area contributed by atoms with Crippen molar-refractivity contribution in [1.29, 1.82) is 0 Å². The minimum absolute atomic E-state index is 0.517. The monoisotopic (exact) mass is 293 g/mol. The number of aryl methyl sites for hydroxylation is 1. The van der Waals surface area contributed by atoms with Gasteiger partial charge in [0.2, 0.25) is 5.82 Å². The highest BCUT2D eigenvalue weighted by atomic mass is 32.1. The third-order valence-electron chi connectivity index (χ3n) is 3.39. The number of benzene rings is 2. The van der Waals surface area contributed by atoms with Crippen molar-refractivity contribution in [2.75, 3.05) is 0 Å². The van der Waals surface area contributed by atoms with Crippen molar-refractivity contribution in [3.63, 3.8) is 0 Å². The number of nitrogens with zero attached hydrogens (tertiary/aromatic N) is 3. The van der Waals surface area contributed by atoms with Crippen LogP contribution < -0.4 is 0 Å². The molecule has 0 saturated heterocycles. The second-order valence-corrected chi connectivity index (χ2v) is 5.66. The number of hydrogen-bond acceptors (Lipinski definition) is 5. The Labute approximate surface area is 125 Å². The minimum atomic E-state index is 0.517. The first kappa shape index (κ1) is 12.2. The summed E-state index contributed by atoms with van der Waals surface area (Å²) in [6, 6.07) is 14.0. The maximum Gasteiger partial charge on any atom is 0.258 e. The highest BCUT2D eigenvalue weighted by Gasteiger charge is 2.12. The van der Waals surface area contributed by atoms with Crippen LogP contribution in [0.1, 0.15) is 5.56 Å². The van der Waals surface area contributed by atoms with Crippen LogP contribution in [0.15, 0.2) is 52.5 Å². The number of fused-ring (bicyclic) bond motifs is 1. The zero-order chi connectivity index (χ0) is 14.2. The Balaban J connectivity index is 1.78. The van der Waals surface area contributed by atoms with Crippen molar-refractivity contribution in [3.05, 3.63) is 53.5 Å². The molecule has 0 aliphatic rings. The van der Waals surface area contributed by atoms with Crippen molar-refractivity contribution < 1.29 is 4.52 Å². The summed E-state index contributed by atoms with van der Waals surface area (Å²) >= 11 is 1.62. The van der Waals surface area contributed by atoms with Gasteiger partial charge in [0.25, 0.3) is 5.89 Å². The Morgan fingerprint density at radius 2 is 2.00 bits per heavy atom. The quantitative estimate of drug-likeness (QED) is 0.552. The molecule has 21 heavy (non-hydrogen) atoms. The van der Waals surface area contributed by atoms with Gasteiger partial charge in [-0.2, -0.15) is 4.98 Å². The van der Waals surface area contributed by atoms with E-state index >= 15 is 0 Å². The molecule has 5 heteroatoms. The molecule has 0 aliphatic carbocycles. The molecule has 4 aromatic rings. The highest BCUT2D eigenvalue weighted by Crippen LogP contribution is 2.27. The van der Waals surface area contributed by atoms with Crippen LogP contribution >= 0.6 is 11.3 Å². The first-order valence-electron chi connectivity index (χ1n) is 6.54. The van der Waals surface area contributed by atoms with Gasteiger partial charge in [0, 0.05) is 11.1 Å². The molecule has 0 radical (unpaired) electrons. The molecule has 102 valence electrons. The lowest BCUT2D eigenvalue weighted by molar-refractivity contribution is 0.432. The molecule has 0 amide bonds. The Morgan fingerprint density at radius 3 is 2.90 bits per heavy atom. The molecular formula is C16H11N3OS. The molecule has 0 aliphatic heterocycles. The lowest BCUT2D eigenvalue weighted by Crippen LogP contribution is -1.84. The molecule has 2 aromatic heterocycles. The first-order chi connectivity index (χ1) is 10.3. The molecule has 0 unspecified atom stereocenters. The molecule has 0 bridgehead atoms. The third kappa shape index (κ3) is 2.11. The second-order valence-electron chi connectivity index (χ2n) is 4.77. The maximum atomic E-state index is 5.40. The van der Waals surface area contributed by atoms with Gasteiger partial charge in [-0.05, 0) is 30.7 Å². The van der Waals surface area contributed by atoms with E-state index in [0.717, 1.165) is 26.9 Å². The molecule has 2 heterocycles. The average molecular weight is 293 g/mol. The van der Waals surface area contributed by atoms with Crippen LogP contribution in [0.25, 0.3) is 33.1 Å². The van der Waals surface area contributed by atoms with Crippen molar-refractivity contribution in [2.24, 2.45) is 0 Å². The van der Waals surface area contributed by atoms with E-state index in [1.165, 1.54) is 0 Å². The predicted molar refractivity (Wildman–Crippen MR) is 83.1 cm³/mol. The number of thiazole rings is 1. The van der Waals surface area contributed by atoms with Gasteiger partial charge in [0.1, 0.15) is 0 Å². The van der Waals surface area contributed by atoms with Crippen molar-refractivity contribution in [3.8, 4) is 22.8 Å². The summed E-state index contributed by atoms with van der Waals surface area (Å²) in [5.41, 5.74) is 5.79. The third-order valence-corrected chi connectivity index (χ3v) is 4.20. The molecule has 4 rings (SSSR count). The SMILES string of the molecule is Cc1ccccc1-c1noc(-c2ccc3scnc3c2)n1. The van der Waals surface area contributed by atoms with Gasteiger partial charge in [-0.25, -0.2) is 4.98 Å². The van der Waals surface area contributed by atoms with E-state index in [4.69, 9.17) is 4.52 Å². The molecule has 4 nitrogen and oxygen atoms in total. The fraction of sp³-hybridized carbons (Fsp3) is 0.0625. The summed E-state index contributed by atoms with van der Waals surface area (Å²) in [7, 11) is 0. The van der Waals surface area contributed by atoms with Crippen LogP contribution in [0, 0.1) is 6.92 Å². The van der Waals surface area contributed by atoms with Gasteiger partial charge in [-0.15, -0.1) is 11.3 Å². The van der Waals surface area contributed by atoms with E-state index in [-0.39, 0.29) is 0 Å². The van der Waals surface area contributed by atoms with Crippen molar-refractivity contribution in [2.45, 2.75) is 6.92 Å². The van der Waals surface area contributed by atoms with E-state index in [1.807, 2.05) is 54.9 Å². The van der Waals surface area contributed by atoms with Crippen LogP contribution in [0.3, 0.4) is 0 Å². The molecule has 0 N–H and O–H groups in total. The fourth-order valence-electron chi connectivity index (χ4n) is 2.26. The van der Waals surface area contributed by atoms with Gasteiger partial charge in [-0.3, -0.25) is 0 Å². The normalized spacial score (nSPS) is 11.1. The van der Waals surface area contributed by atoms with Crippen LogP contribution in [-0.2, 0) is 0 Å². The summed E-state index contributed by atoms with van der Waals surface area (Å²) in [4.78, 5) is 8.81. The zero-order valence-electron chi connectivity index (χ0n) is 11.3. The van der Waals surface area contributed by atoms with Gasteiger partial charge in [0.05, 0.1) is 15.7 Å². The zero-order valence-corrected chi connectivity index (χ0v) is 12.1. The van der Waals surface area contributed by atoms with Crippen LogP contribution in [-0.4, -0.2) is 15.1 Å².